The van der Waals surface area contributed by atoms with E-state index in [2.05, 4.69) is 45.1 Å². The van der Waals surface area contributed by atoms with Crippen molar-refractivity contribution < 1.29 is 4.74 Å². The lowest BCUT2D eigenvalue weighted by Crippen LogP contribution is -2.48. The van der Waals surface area contributed by atoms with E-state index in [0.717, 1.165) is 43.7 Å². The number of aryl methyl sites for hydroxylation is 1. The van der Waals surface area contributed by atoms with Crippen LogP contribution in [0.25, 0.3) is 0 Å². The summed E-state index contributed by atoms with van der Waals surface area (Å²) in [5.74, 6) is 0. The summed E-state index contributed by atoms with van der Waals surface area (Å²) in [5.41, 5.74) is 1.17. The molecule has 0 aliphatic carbocycles. The molecule has 1 aromatic heterocycles. The minimum atomic E-state index is 0.168. The Balaban J connectivity index is 2.18. The molecule has 1 saturated heterocycles. The van der Waals surface area contributed by atoms with Gasteiger partial charge in [-0.25, -0.2) is 0 Å². The lowest BCUT2D eigenvalue weighted by Gasteiger charge is -2.37. The van der Waals surface area contributed by atoms with Crippen molar-refractivity contribution in [3.8, 4) is 0 Å². The molecular weight excluding hydrogens is 320 g/mol. The van der Waals surface area contributed by atoms with Crippen LogP contribution < -0.4 is 5.32 Å². The number of nitrogens with zero attached hydrogens (tertiary/aromatic N) is 3. The Morgan fingerprint density at radius 1 is 1.55 bits per heavy atom. The van der Waals surface area contributed by atoms with Crippen LogP contribution in [0.3, 0.4) is 0 Å². The second-order valence-corrected chi connectivity index (χ2v) is 6.09. The van der Waals surface area contributed by atoms with Gasteiger partial charge in [0.2, 0.25) is 0 Å². The Bertz CT molecular complexity index is 404. The second-order valence-electron chi connectivity index (χ2n) is 5.24. The summed E-state index contributed by atoms with van der Waals surface area (Å²) in [6.45, 7) is 9.24. The quantitative estimate of drug-likeness (QED) is 0.856. The summed E-state index contributed by atoms with van der Waals surface area (Å²) >= 11 is 3.62. The summed E-state index contributed by atoms with van der Waals surface area (Å²) in [7, 11) is 1.99. The van der Waals surface area contributed by atoms with Crippen LogP contribution in [0.5, 0.6) is 0 Å². The molecule has 0 spiro atoms. The third-order valence-electron chi connectivity index (χ3n) is 3.84. The predicted octanol–water partition coefficient (Wildman–Crippen LogP) is 1.94. The van der Waals surface area contributed by atoms with Gasteiger partial charge in [-0.3, -0.25) is 9.58 Å². The van der Waals surface area contributed by atoms with Crippen molar-refractivity contribution in [1.29, 1.82) is 0 Å². The van der Waals surface area contributed by atoms with Crippen molar-refractivity contribution in [3.05, 3.63) is 16.4 Å². The van der Waals surface area contributed by atoms with Crippen LogP contribution in [0, 0.1) is 0 Å². The number of hydrogen-bond acceptors (Lipinski definition) is 4. The van der Waals surface area contributed by atoms with Crippen LogP contribution in [0.15, 0.2) is 10.7 Å². The maximum atomic E-state index is 6.04. The number of ether oxygens (including phenoxy) is 1. The monoisotopic (exact) mass is 344 g/mol. The molecule has 1 aromatic rings. The highest BCUT2D eigenvalue weighted by Gasteiger charge is 2.31. The van der Waals surface area contributed by atoms with Crippen molar-refractivity contribution in [3.63, 3.8) is 0 Å². The molecule has 1 aliphatic heterocycles. The first-order valence-electron chi connectivity index (χ1n) is 7.42. The second kappa shape index (κ2) is 7.54. The van der Waals surface area contributed by atoms with Crippen LogP contribution in [-0.2, 0) is 11.8 Å². The fraction of sp³-hybridized carbons (Fsp3) is 0.786. The average molecular weight is 345 g/mol. The smallest absolute Gasteiger partial charge is 0.0912 e. The lowest BCUT2D eigenvalue weighted by molar-refractivity contribution is -0.0469. The molecule has 1 aliphatic rings. The summed E-state index contributed by atoms with van der Waals surface area (Å²) in [6, 6.07) is 0.172. The van der Waals surface area contributed by atoms with Gasteiger partial charge in [0.25, 0.3) is 0 Å². The maximum Gasteiger partial charge on any atom is 0.0912 e. The van der Waals surface area contributed by atoms with E-state index < -0.39 is 0 Å². The first-order chi connectivity index (χ1) is 9.67. The molecule has 0 saturated carbocycles. The fourth-order valence-corrected chi connectivity index (χ4v) is 3.29. The van der Waals surface area contributed by atoms with Gasteiger partial charge in [-0.15, -0.1) is 0 Å². The molecule has 0 aromatic carbocycles. The zero-order valence-corrected chi connectivity index (χ0v) is 14.2. The van der Waals surface area contributed by atoms with Crippen molar-refractivity contribution in [2.75, 3.05) is 32.8 Å². The Labute approximate surface area is 129 Å². The van der Waals surface area contributed by atoms with E-state index in [-0.39, 0.29) is 12.1 Å². The minimum absolute atomic E-state index is 0.168. The number of rotatable bonds is 6. The summed E-state index contributed by atoms with van der Waals surface area (Å²) < 4.78 is 9.02. The number of hydrogen-bond donors (Lipinski definition) is 1. The van der Waals surface area contributed by atoms with Gasteiger partial charge >= 0.3 is 0 Å². The van der Waals surface area contributed by atoms with Gasteiger partial charge in [0.1, 0.15) is 0 Å². The van der Waals surface area contributed by atoms with Crippen molar-refractivity contribution >= 4 is 15.9 Å². The molecule has 114 valence electrons. The van der Waals surface area contributed by atoms with Gasteiger partial charge in [-0.1, -0.05) is 13.8 Å². The van der Waals surface area contributed by atoms with Crippen LogP contribution in [0.2, 0.25) is 0 Å². The van der Waals surface area contributed by atoms with Crippen LogP contribution >= 0.6 is 15.9 Å². The standard InChI is InChI=1S/C14H25BrN4O/c1-4-6-16-13(14-11(15)9-17-18(14)3)12-10-19(5-2)7-8-20-12/h9,12-13,16H,4-8,10H2,1-3H3. The fourth-order valence-electron chi connectivity index (χ4n) is 2.69. The molecule has 20 heavy (non-hydrogen) atoms. The highest BCUT2D eigenvalue weighted by molar-refractivity contribution is 9.10. The summed E-state index contributed by atoms with van der Waals surface area (Å²) in [6.07, 6.45) is 3.13. The van der Waals surface area contributed by atoms with Gasteiger partial charge in [0.15, 0.2) is 0 Å². The average Bonchev–Trinajstić information content (AvgIpc) is 2.80. The zero-order chi connectivity index (χ0) is 14.5. The summed E-state index contributed by atoms with van der Waals surface area (Å²) in [5, 5.41) is 7.97. The Morgan fingerprint density at radius 3 is 2.95 bits per heavy atom. The molecule has 2 heterocycles. The van der Waals surface area contributed by atoms with Crippen molar-refractivity contribution in [2.24, 2.45) is 7.05 Å². The highest BCUT2D eigenvalue weighted by Crippen LogP contribution is 2.28. The normalized spacial score (nSPS) is 22.1. The van der Waals surface area contributed by atoms with E-state index in [9.17, 15) is 0 Å². The van der Waals surface area contributed by atoms with E-state index in [1.807, 2.05) is 17.9 Å². The molecule has 6 heteroatoms. The van der Waals surface area contributed by atoms with Crippen molar-refractivity contribution in [2.45, 2.75) is 32.4 Å². The van der Waals surface area contributed by atoms with Crippen LogP contribution in [0.1, 0.15) is 32.0 Å². The molecule has 2 atom stereocenters. The molecule has 0 bridgehead atoms. The first-order valence-corrected chi connectivity index (χ1v) is 8.21. The largest absolute Gasteiger partial charge is 0.374 e. The molecule has 2 rings (SSSR count). The topological polar surface area (TPSA) is 42.3 Å². The number of likely N-dealkylation sites (N-methyl/N-ethyl adjacent to an activating group) is 1. The van der Waals surface area contributed by atoms with E-state index in [1.54, 1.807) is 0 Å². The van der Waals surface area contributed by atoms with Gasteiger partial charge in [0, 0.05) is 20.1 Å². The van der Waals surface area contributed by atoms with E-state index in [4.69, 9.17) is 4.74 Å². The Morgan fingerprint density at radius 2 is 2.35 bits per heavy atom. The van der Waals surface area contributed by atoms with Gasteiger partial charge in [-0.2, -0.15) is 5.10 Å². The molecule has 1 N–H and O–H groups in total. The van der Waals surface area contributed by atoms with E-state index in [0.29, 0.717) is 0 Å². The Kier molecular flexibility index (Phi) is 6.01. The van der Waals surface area contributed by atoms with Crippen LogP contribution in [0.4, 0.5) is 0 Å². The van der Waals surface area contributed by atoms with Gasteiger partial charge < -0.3 is 10.1 Å². The molecule has 1 fully saturated rings. The number of morpholine rings is 1. The van der Waals surface area contributed by atoms with E-state index in [1.165, 1.54) is 5.69 Å². The number of aromatic nitrogens is 2. The third kappa shape index (κ3) is 3.61. The molecule has 0 radical (unpaired) electrons. The minimum Gasteiger partial charge on any atom is -0.374 e. The number of halogens is 1. The van der Waals surface area contributed by atoms with Gasteiger partial charge in [-0.05, 0) is 35.4 Å². The molecular formula is C14H25BrN4O. The first kappa shape index (κ1) is 15.9. The van der Waals surface area contributed by atoms with E-state index >= 15 is 0 Å². The Hall–Kier alpha value is -0.430. The maximum absolute atomic E-state index is 6.04. The predicted molar refractivity (Wildman–Crippen MR) is 83.8 cm³/mol. The molecule has 5 nitrogen and oxygen atoms in total. The molecule has 2 unspecified atom stereocenters. The number of nitrogens with one attached hydrogen (secondary N) is 1. The van der Waals surface area contributed by atoms with Crippen molar-refractivity contribution in [1.82, 2.24) is 20.0 Å². The van der Waals surface area contributed by atoms with Gasteiger partial charge in [0.05, 0.1) is 35.1 Å². The SMILES string of the molecule is CCCNC(c1c(Br)cnn1C)C1CN(CC)CCO1. The zero-order valence-electron chi connectivity index (χ0n) is 12.6. The third-order valence-corrected chi connectivity index (χ3v) is 4.45. The molecule has 0 amide bonds. The summed E-state index contributed by atoms with van der Waals surface area (Å²) in [4.78, 5) is 2.44. The lowest BCUT2D eigenvalue weighted by atomic mass is 10.0. The highest BCUT2D eigenvalue weighted by atomic mass is 79.9. The van der Waals surface area contributed by atoms with Crippen LogP contribution in [-0.4, -0.2) is 53.6 Å².